The lowest BCUT2D eigenvalue weighted by Crippen LogP contribution is -1.90. The van der Waals surface area contributed by atoms with Crippen LogP contribution in [-0.4, -0.2) is 60.8 Å². The monoisotopic (exact) mass is 1050 g/mol. The summed E-state index contributed by atoms with van der Waals surface area (Å²) in [6.45, 7) is 0. The van der Waals surface area contributed by atoms with Crippen LogP contribution in [0.25, 0.3) is 135 Å². The molecule has 5 heterocycles. The maximum atomic E-state index is 10.8. The predicted molar refractivity (Wildman–Crippen MR) is 316 cm³/mol. The zero-order valence-electron chi connectivity index (χ0n) is 42.3. The number of phenolic OH excluding ortho intramolecular Hbond substituents is 8. The number of phenols is 8. The molecule has 12 heteroatoms. The van der Waals surface area contributed by atoms with Crippen molar-refractivity contribution >= 4 is 46.4 Å². The van der Waals surface area contributed by atoms with Gasteiger partial charge in [0.05, 0.1) is 22.8 Å². The summed E-state index contributed by atoms with van der Waals surface area (Å²) in [5, 5.41) is 84.7. The quantitative estimate of drug-likeness (QED) is 0.0649. The van der Waals surface area contributed by atoms with Gasteiger partial charge in [-0.3, -0.25) is 0 Å². The first-order valence-electron chi connectivity index (χ1n) is 25.6. The minimum Gasteiger partial charge on any atom is -0.508 e. The van der Waals surface area contributed by atoms with E-state index in [-0.39, 0.29) is 46.0 Å². The number of aromatic nitrogens is 4. The van der Waals surface area contributed by atoms with E-state index < -0.39 is 0 Å². The van der Waals surface area contributed by atoms with Crippen molar-refractivity contribution in [3.63, 3.8) is 0 Å². The van der Waals surface area contributed by atoms with Crippen molar-refractivity contribution in [2.24, 2.45) is 0 Å². The van der Waals surface area contributed by atoms with Crippen molar-refractivity contribution in [1.82, 2.24) is 19.9 Å². The fraction of sp³-hybridized carbons (Fsp3) is 0. The van der Waals surface area contributed by atoms with Crippen molar-refractivity contribution in [2.75, 3.05) is 0 Å². The third-order valence-corrected chi connectivity index (χ3v) is 14.6. The maximum absolute atomic E-state index is 10.8. The van der Waals surface area contributed by atoms with E-state index in [9.17, 15) is 40.9 Å². The van der Waals surface area contributed by atoms with Crippen LogP contribution < -0.4 is 0 Å². The molecule has 8 aromatic carbocycles. The van der Waals surface area contributed by atoms with Crippen molar-refractivity contribution in [1.29, 1.82) is 0 Å². The average molecular weight is 1050 g/mol. The molecule has 0 spiro atoms. The Bertz CT molecular complexity index is 3970. The molecule has 2 aliphatic rings. The zero-order valence-corrected chi connectivity index (χ0v) is 42.3. The van der Waals surface area contributed by atoms with Gasteiger partial charge in [0, 0.05) is 66.6 Å². The molecule has 2 aliphatic heterocycles. The fourth-order valence-electron chi connectivity index (χ4n) is 10.7. The van der Waals surface area contributed by atoms with E-state index in [0.717, 1.165) is 66.6 Å². The topological polar surface area (TPSA) is 219 Å². The molecule has 8 bridgehead atoms. The van der Waals surface area contributed by atoms with E-state index in [1.54, 1.807) is 0 Å². The third kappa shape index (κ3) is 8.84. The number of H-pyrrole nitrogens is 2. The van der Waals surface area contributed by atoms with Gasteiger partial charge in [-0.15, -0.1) is 0 Å². The minimum atomic E-state index is 0.0244. The Kier molecular flexibility index (Phi) is 11.7. The number of rotatable bonds is 8. The van der Waals surface area contributed by atoms with Gasteiger partial charge in [0.25, 0.3) is 0 Å². The van der Waals surface area contributed by atoms with Crippen LogP contribution in [0.5, 0.6) is 46.0 Å². The van der Waals surface area contributed by atoms with Crippen LogP contribution in [0.2, 0.25) is 0 Å². The summed E-state index contributed by atoms with van der Waals surface area (Å²) in [7, 11) is 0. The molecule has 11 aromatic rings. The number of hydrogen-bond donors (Lipinski definition) is 10. The standard InChI is InChI=1S/C68H46N4O8/c73-45-17-29-61(77)49(33-45)37-1-9-41(10-2-37)65-53-21-23-55(69-53)66(42-11-3-38(4-12-42)50-34-46(74)18-30-62(50)78)57-25-27-59(71-57)68(44-15-7-40(8-16-44)52-36-48(76)20-32-64(52)80)60-28-26-58(72-60)67(56-24-22-54(65)70-56)43-13-5-39(6-14-43)51-35-47(75)19-31-63(51)79/h1-36,69,72-80H. The molecule has 80 heavy (non-hydrogen) atoms. The molecule has 10 N–H and O–H groups in total. The average Bonchev–Trinajstić information content (AvgIpc) is 4.45. The molecule has 0 radical (unpaired) electrons. The van der Waals surface area contributed by atoms with Gasteiger partial charge in [-0.1, -0.05) is 97.1 Å². The van der Waals surface area contributed by atoms with Gasteiger partial charge in [-0.05, 0) is 166 Å². The van der Waals surface area contributed by atoms with Crippen molar-refractivity contribution in [3.05, 3.63) is 217 Å². The smallest absolute Gasteiger partial charge is 0.123 e. The van der Waals surface area contributed by atoms with Gasteiger partial charge < -0.3 is 50.8 Å². The highest BCUT2D eigenvalue weighted by Gasteiger charge is 2.21. The second-order valence-electron chi connectivity index (χ2n) is 19.6. The SMILES string of the molecule is Oc1ccc(O)c(-c2ccc(-c3c4nc(c(-c5ccc(-c6cc(O)ccc6O)cc5)c5ccc([nH]5)c(-c5ccc(-c6cc(O)ccc6O)cc5)c5nc(c(-c6ccc(-c7cc(O)ccc7O)cc6)c6ccc3[nH]6)C=C5)C=C4)cc2)c1. The summed E-state index contributed by atoms with van der Waals surface area (Å²) in [5.41, 5.74) is 16.5. The summed E-state index contributed by atoms with van der Waals surface area (Å²) in [5.74, 6) is 0.206. The number of benzene rings is 8. The first kappa shape index (κ1) is 48.4. The van der Waals surface area contributed by atoms with Gasteiger partial charge >= 0.3 is 0 Å². The molecular formula is C68H46N4O8. The van der Waals surface area contributed by atoms with Crippen LogP contribution in [0.15, 0.2) is 194 Å². The zero-order chi connectivity index (χ0) is 54.8. The van der Waals surface area contributed by atoms with Crippen molar-refractivity contribution in [2.45, 2.75) is 0 Å². The largest absolute Gasteiger partial charge is 0.508 e. The summed E-state index contributed by atoms with van der Waals surface area (Å²) >= 11 is 0. The first-order chi connectivity index (χ1) is 38.9. The van der Waals surface area contributed by atoms with Crippen molar-refractivity contribution < 1.29 is 40.9 Å². The van der Waals surface area contributed by atoms with E-state index in [1.807, 2.05) is 146 Å². The van der Waals surface area contributed by atoms with Gasteiger partial charge in [0.15, 0.2) is 0 Å². The molecule has 0 saturated heterocycles. The molecule has 0 amide bonds. The van der Waals surface area contributed by atoms with Gasteiger partial charge in [-0.2, -0.15) is 0 Å². The maximum Gasteiger partial charge on any atom is 0.123 e. The van der Waals surface area contributed by atoms with Crippen LogP contribution in [0.3, 0.4) is 0 Å². The highest BCUT2D eigenvalue weighted by atomic mass is 16.3. The van der Waals surface area contributed by atoms with Gasteiger partial charge in [-0.25, -0.2) is 9.97 Å². The summed E-state index contributed by atoms with van der Waals surface area (Å²) in [4.78, 5) is 18.4. The number of hydrogen-bond acceptors (Lipinski definition) is 10. The number of aromatic hydroxyl groups is 8. The molecule has 3 aromatic heterocycles. The van der Waals surface area contributed by atoms with Crippen molar-refractivity contribution in [3.8, 4) is 135 Å². The van der Waals surface area contributed by atoms with Crippen LogP contribution in [0, 0.1) is 0 Å². The highest BCUT2D eigenvalue weighted by Crippen LogP contribution is 2.43. The minimum absolute atomic E-state index is 0.0244. The highest BCUT2D eigenvalue weighted by molar-refractivity contribution is 6.00. The second kappa shape index (κ2) is 19.4. The number of fused-ring (bicyclic) bond motifs is 8. The second-order valence-corrected chi connectivity index (χ2v) is 19.6. The van der Waals surface area contributed by atoms with E-state index in [1.165, 1.54) is 72.8 Å². The number of aromatic amines is 2. The molecule has 0 unspecified atom stereocenters. The third-order valence-electron chi connectivity index (χ3n) is 14.6. The molecule has 0 saturated carbocycles. The molecular weight excluding hydrogens is 1000 g/mol. The predicted octanol–water partition coefficient (Wildman–Crippen LogP) is 15.6. The van der Waals surface area contributed by atoms with Crippen LogP contribution in [0.1, 0.15) is 22.8 Å². The van der Waals surface area contributed by atoms with Crippen LogP contribution >= 0.6 is 0 Å². The van der Waals surface area contributed by atoms with Crippen LogP contribution in [0.4, 0.5) is 0 Å². The molecule has 386 valence electrons. The summed E-state index contributed by atoms with van der Waals surface area (Å²) < 4.78 is 0. The Hall–Kier alpha value is -11.2. The van der Waals surface area contributed by atoms with Crippen LogP contribution in [-0.2, 0) is 0 Å². The molecule has 0 fully saturated rings. The Morgan fingerprint density at radius 1 is 0.225 bits per heavy atom. The molecule has 12 nitrogen and oxygen atoms in total. The lowest BCUT2D eigenvalue weighted by molar-refractivity contribution is 0.462. The normalized spacial score (nSPS) is 11.8. The Morgan fingerprint density at radius 3 is 0.637 bits per heavy atom. The number of nitrogens with zero attached hydrogens (tertiary/aromatic N) is 2. The number of nitrogens with one attached hydrogen (secondary N) is 2. The van der Waals surface area contributed by atoms with E-state index in [2.05, 4.69) is 9.97 Å². The van der Waals surface area contributed by atoms with E-state index in [0.29, 0.717) is 67.3 Å². The molecule has 0 aliphatic carbocycles. The molecule has 0 atom stereocenters. The lowest BCUT2D eigenvalue weighted by atomic mass is 9.98. The fourth-order valence-corrected chi connectivity index (χ4v) is 10.7. The molecule has 13 rings (SSSR count). The summed E-state index contributed by atoms with van der Waals surface area (Å²) in [6.07, 6.45) is 7.93. The lowest BCUT2D eigenvalue weighted by Gasteiger charge is -2.10. The summed E-state index contributed by atoms with van der Waals surface area (Å²) in [6, 6.07) is 56.5. The Balaban J connectivity index is 1.09. The van der Waals surface area contributed by atoms with Gasteiger partial charge in [0.2, 0.25) is 0 Å². The Morgan fingerprint density at radius 2 is 0.425 bits per heavy atom. The Labute approximate surface area is 457 Å². The first-order valence-corrected chi connectivity index (χ1v) is 25.6. The van der Waals surface area contributed by atoms with E-state index in [4.69, 9.17) is 9.97 Å². The van der Waals surface area contributed by atoms with Gasteiger partial charge in [0.1, 0.15) is 46.0 Å². The van der Waals surface area contributed by atoms with E-state index >= 15 is 0 Å².